The minimum Gasteiger partial charge on any atom is -0.486 e. The van der Waals surface area contributed by atoms with Crippen molar-refractivity contribution in [2.75, 3.05) is 13.2 Å². The Kier molecular flexibility index (Phi) is 2.79. The molecule has 0 aliphatic carbocycles. The van der Waals surface area contributed by atoms with E-state index in [1.165, 1.54) is 0 Å². The third-order valence-corrected chi connectivity index (χ3v) is 3.61. The quantitative estimate of drug-likeness (QED) is 0.637. The molecule has 17 heavy (non-hydrogen) atoms. The van der Waals surface area contributed by atoms with E-state index in [4.69, 9.17) is 9.47 Å². The van der Waals surface area contributed by atoms with Crippen LogP contribution < -0.4 is 9.47 Å². The van der Waals surface area contributed by atoms with E-state index in [0.29, 0.717) is 13.2 Å². The minimum absolute atomic E-state index is 0.00431. The van der Waals surface area contributed by atoms with Crippen molar-refractivity contribution in [2.24, 2.45) is 0 Å². The maximum atomic E-state index is 9.22. The second kappa shape index (κ2) is 4.30. The fourth-order valence-corrected chi connectivity index (χ4v) is 2.43. The topological polar surface area (TPSA) is 51.6 Å². The van der Waals surface area contributed by atoms with Crippen LogP contribution in [0.3, 0.4) is 0 Å². The summed E-state index contributed by atoms with van der Waals surface area (Å²) in [7, 11) is 0. The zero-order chi connectivity index (χ0) is 11.8. The number of aliphatic hydroxyl groups is 1. The van der Waals surface area contributed by atoms with E-state index >= 15 is 0 Å². The number of fused-ring (bicyclic) bond motifs is 2. The van der Waals surface area contributed by atoms with Gasteiger partial charge in [-0.15, -0.1) is 0 Å². The molecule has 0 fully saturated rings. The Labute approximate surface area is 112 Å². The fourth-order valence-electron chi connectivity index (χ4n) is 1.84. The van der Waals surface area contributed by atoms with Gasteiger partial charge in [0.1, 0.15) is 16.9 Å². The fraction of sp³-hybridized carbons (Fsp3) is 0.250. The van der Waals surface area contributed by atoms with Crippen molar-refractivity contribution >= 4 is 33.5 Å². The summed E-state index contributed by atoms with van der Waals surface area (Å²) in [4.78, 5) is 4.45. The molecule has 0 unspecified atom stereocenters. The van der Waals surface area contributed by atoms with Crippen molar-refractivity contribution in [3.05, 3.63) is 27.5 Å². The Bertz CT molecular complexity index is 585. The largest absolute Gasteiger partial charge is 0.486 e. The summed E-state index contributed by atoms with van der Waals surface area (Å²) < 4.78 is 11.8. The Balaban J connectivity index is 2.23. The first kappa shape index (κ1) is 11.0. The van der Waals surface area contributed by atoms with Gasteiger partial charge in [0.2, 0.25) is 0 Å². The molecule has 0 atom stereocenters. The standard InChI is InChI=1S/C12H10INO3/c13-12-8(6-15)3-7-4-10-11(5-9(7)14-12)17-2-1-16-10/h3-5,15H,1-2,6H2. The predicted octanol–water partition coefficient (Wildman–Crippen LogP) is 2.10. The smallest absolute Gasteiger partial charge is 0.163 e. The molecule has 0 amide bonds. The number of benzene rings is 1. The number of aromatic nitrogens is 1. The summed E-state index contributed by atoms with van der Waals surface area (Å²) in [5, 5.41) is 10.2. The first-order chi connectivity index (χ1) is 8.28. The van der Waals surface area contributed by atoms with Gasteiger partial charge in [-0.3, -0.25) is 0 Å². The second-order valence-corrected chi connectivity index (χ2v) is 4.81. The van der Waals surface area contributed by atoms with Crippen LogP contribution in [0, 0.1) is 3.70 Å². The molecule has 1 N–H and O–H groups in total. The molecule has 1 aromatic carbocycles. The van der Waals surface area contributed by atoms with Crippen molar-refractivity contribution < 1.29 is 14.6 Å². The SMILES string of the molecule is OCc1cc2cc3c(cc2nc1I)OCCO3. The van der Waals surface area contributed by atoms with Crippen LogP contribution >= 0.6 is 22.6 Å². The third kappa shape index (κ3) is 1.93. The van der Waals surface area contributed by atoms with Gasteiger partial charge >= 0.3 is 0 Å². The number of hydrogen-bond acceptors (Lipinski definition) is 4. The van der Waals surface area contributed by atoms with Crippen molar-refractivity contribution in [1.29, 1.82) is 0 Å². The van der Waals surface area contributed by atoms with E-state index in [2.05, 4.69) is 27.6 Å². The molecule has 4 nitrogen and oxygen atoms in total. The van der Waals surface area contributed by atoms with Gasteiger partial charge in [-0.25, -0.2) is 4.98 Å². The molecule has 5 heteroatoms. The number of ether oxygens (including phenoxy) is 2. The first-order valence-electron chi connectivity index (χ1n) is 5.27. The molecule has 88 valence electrons. The van der Waals surface area contributed by atoms with Crippen LogP contribution in [0.25, 0.3) is 10.9 Å². The number of halogens is 1. The molecule has 1 aromatic heterocycles. The van der Waals surface area contributed by atoms with E-state index in [1.54, 1.807) is 0 Å². The summed E-state index contributed by atoms with van der Waals surface area (Å²) in [5.74, 6) is 1.49. The molecule has 2 heterocycles. The summed E-state index contributed by atoms with van der Waals surface area (Å²) in [6, 6.07) is 5.72. The van der Waals surface area contributed by atoms with Crippen LogP contribution in [0.5, 0.6) is 11.5 Å². The van der Waals surface area contributed by atoms with E-state index in [9.17, 15) is 5.11 Å². The first-order valence-corrected chi connectivity index (χ1v) is 6.35. The lowest BCUT2D eigenvalue weighted by Crippen LogP contribution is -2.15. The Morgan fingerprint density at radius 1 is 1.18 bits per heavy atom. The average Bonchev–Trinajstić information content (AvgIpc) is 2.35. The molecular formula is C12H10INO3. The molecule has 1 aliphatic rings. The summed E-state index contributed by atoms with van der Waals surface area (Å²) >= 11 is 2.12. The zero-order valence-electron chi connectivity index (χ0n) is 8.94. The predicted molar refractivity (Wildman–Crippen MR) is 71.4 cm³/mol. The van der Waals surface area contributed by atoms with Crippen LogP contribution in [-0.4, -0.2) is 23.3 Å². The van der Waals surface area contributed by atoms with Gasteiger partial charge in [0, 0.05) is 17.0 Å². The molecular weight excluding hydrogens is 333 g/mol. The minimum atomic E-state index is -0.00431. The molecule has 0 spiro atoms. The van der Waals surface area contributed by atoms with Gasteiger partial charge in [-0.2, -0.15) is 0 Å². The van der Waals surface area contributed by atoms with Crippen LogP contribution in [0.4, 0.5) is 0 Å². The lowest BCUT2D eigenvalue weighted by Gasteiger charge is -2.18. The van der Waals surface area contributed by atoms with Crippen molar-refractivity contribution in [2.45, 2.75) is 6.61 Å². The van der Waals surface area contributed by atoms with Gasteiger partial charge < -0.3 is 14.6 Å². The van der Waals surface area contributed by atoms with Crippen LogP contribution in [0.1, 0.15) is 5.56 Å². The van der Waals surface area contributed by atoms with E-state index in [0.717, 1.165) is 31.7 Å². The number of pyridine rings is 1. The average molecular weight is 343 g/mol. The highest BCUT2D eigenvalue weighted by Crippen LogP contribution is 2.34. The Hall–Kier alpha value is -1.08. The van der Waals surface area contributed by atoms with Gasteiger partial charge in [-0.05, 0) is 34.7 Å². The highest BCUT2D eigenvalue weighted by atomic mass is 127. The lowest BCUT2D eigenvalue weighted by atomic mass is 10.1. The summed E-state index contributed by atoms with van der Waals surface area (Å²) in [5.41, 5.74) is 1.69. The van der Waals surface area contributed by atoms with Crippen LogP contribution in [-0.2, 0) is 6.61 Å². The van der Waals surface area contributed by atoms with Gasteiger partial charge in [0.15, 0.2) is 11.5 Å². The second-order valence-electron chi connectivity index (χ2n) is 3.78. The van der Waals surface area contributed by atoms with Crippen LogP contribution in [0.2, 0.25) is 0 Å². The number of hydrogen-bond donors (Lipinski definition) is 1. The van der Waals surface area contributed by atoms with Gasteiger partial charge in [0.05, 0.1) is 12.1 Å². The highest BCUT2D eigenvalue weighted by Gasteiger charge is 2.14. The molecule has 0 saturated heterocycles. The zero-order valence-corrected chi connectivity index (χ0v) is 11.1. The van der Waals surface area contributed by atoms with E-state index in [1.807, 2.05) is 18.2 Å². The molecule has 0 bridgehead atoms. The van der Waals surface area contributed by atoms with Crippen molar-refractivity contribution in [3.63, 3.8) is 0 Å². The number of nitrogens with zero attached hydrogens (tertiary/aromatic N) is 1. The normalized spacial score (nSPS) is 14.0. The third-order valence-electron chi connectivity index (χ3n) is 2.68. The molecule has 2 aromatic rings. The lowest BCUT2D eigenvalue weighted by molar-refractivity contribution is 0.172. The Morgan fingerprint density at radius 2 is 1.88 bits per heavy atom. The van der Waals surface area contributed by atoms with Gasteiger partial charge in [0.25, 0.3) is 0 Å². The van der Waals surface area contributed by atoms with Crippen LogP contribution in [0.15, 0.2) is 18.2 Å². The summed E-state index contributed by atoms with van der Waals surface area (Å²) in [6.07, 6.45) is 0. The maximum Gasteiger partial charge on any atom is 0.163 e. The van der Waals surface area contributed by atoms with E-state index in [-0.39, 0.29) is 6.61 Å². The number of aliphatic hydroxyl groups excluding tert-OH is 1. The maximum absolute atomic E-state index is 9.22. The van der Waals surface area contributed by atoms with Crippen molar-refractivity contribution in [3.8, 4) is 11.5 Å². The number of rotatable bonds is 1. The molecule has 3 rings (SSSR count). The summed E-state index contributed by atoms with van der Waals surface area (Å²) in [6.45, 7) is 1.14. The molecule has 1 aliphatic heterocycles. The Morgan fingerprint density at radius 3 is 2.59 bits per heavy atom. The van der Waals surface area contributed by atoms with Crippen molar-refractivity contribution in [1.82, 2.24) is 4.98 Å². The molecule has 0 saturated carbocycles. The van der Waals surface area contributed by atoms with Gasteiger partial charge in [-0.1, -0.05) is 0 Å². The van der Waals surface area contributed by atoms with E-state index < -0.39 is 0 Å². The molecule has 0 radical (unpaired) electrons. The monoisotopic (exact) mass is 343 g/mol. The highest BCUT2D eigenvalue weighted by molar-refractivity contribution is 14.1.